The van der Waals surface area contributed by atoms with E-state index in [-0.39, 0.29) is 0 Å². The topological polar surface area (TPSA) is 66.0 Å². The number of nitrogen functional groups attached to an aromatic ring is 1. The standard InChI is InChI=1S/C13H11BrN4O/c1-19-11-5-4-8(14)7-10(11)18-12-9(17-13(18)15)3-2-6-16-12/h2-7H,1H3,(H2,15,17). The van der Waals surface area contributed by atoms with E-state index >= 15 is 0 Å². The third kappa shape index (κ3) is 1.94. The highest BCUT2D eigenvalue weighted by atomic mass is 79.9. The van der Waals surface area contributed by atoms with E-state index in [1.807, 2.05) is 30.3 Å². The Kier molecular flexibility index (Phi) is 2.87. The molecular formula is C13H11BrN4O. The highest BCUT2D eigenvalue weighted by Gasteiger charge is 2.14. The van der Waals surface area contributed by atoms with Crippen LogP contribution < -0.4 is 10.5 Å². The molecule has 19 heavy (non-hydrogen) atoms. The first kappa shape index (κ1) is 12.0. The van der Waals surface area contributed by atoms with Gasteiger partial charge in [-0.1, -0.05) is 15.9 Å². The van der Waals surface area contributed by atoms with Crippen LogP contribution in [0.2, 0.25) is 0 Å². The number of hydrogen-bond donors (Lipinski definition) is 1. The monoisotopic (exact) mass is 318 g/mol. The van der Waals surface area contributed by atoms with Crippen molar-refractivity contribution in [3.63, 3.8) is 0 Å². The average Bonchev–Trinajstić information content (AvgIpc) is 2.74. The van der Waals surface area contributed by atoms with Crippen LogP contribution >= 0.6 is 15.9 Å². The molecule has 0 radical (unpaired) electrons. The number of pyridine rings is 1. The summed E-state index contributed by atoms with van der Waals surface area (Å²) < 4.78 is 8.08. The average molecular weight is 319 g/mol. The van der Waals surface area contributed by atoms with Gasteiger partial charge in [-0.15, -0.1) is 0 Å². The lowest BCUT2D eigenvalue weighted by molar-refractivity contribution is 0.413. The zero-order valence-electron chi connectivity index (χ0n) is 10.2. The molecule has 2 aromatic heterocycles. The second-order valence-corrected chi connectivity index (χ2v) is 4.88. The number of ether oxygens (including phenoxy) is 1. The molecule has 0 atom stereocenters. The largest absolute Gasteiger partial charge is 0.495 e. The molecule has 5 nitrogen and oxygen atoms in total. The minimum Gasteiger partial charge on any atom is -0.495 e. The Labute approximate surface area is 118 Å². The van der Waals surface area contributed by atoms with Crippen molar-refractivity contribution in [2.45, 2.75) is 0 Å². The molecule has 0 bridgehead atoms. The van der Waals surface area contributed by atoms with Crippen molar-refractivity contribution in [1.82, 2.24) is 14.5 Å². The van der Waals surface area contributed by atoms with Gasteiger partial charge in [-0.3, -0.25) is 4.57 Å². The maximum absolute atomic E-state index is 6.00. The SMILES string of the molecule is COc1ccc(Br)cc1-n1c(N)nc2cccnc21. The van der Waals surface area contributed by atoms with Crippen LogP contribution in [0.4, 0.5) is 5.95 Å². The number of nitrogens with zero attached hydrogens (tertiary/aromatic N) is 3. The van der Waals surface area contributed by atoms with Crippen molar-refractivity contribution in [1.29, 1.82) is 0 Å². The van der Waals surface area contributed by atoms with Crippen LogP contribution in [0.1, 0.15) is 0 Å². The molecule has 0 aliphatic heterocycles. The second kappa shape index (κ2) is 4.55. The summed E-state index contributed by atoms with van der Waals surface area (Å²) in [5.41, 5.74) is 8.26. The molecule has 0 fully saturated rings. The maximum atomic E-state index is 6.00. The van der Waals surface area contributed by atoms with E-state index in [1.54, 1.807) is 17.9 Å². The Morgan fingerprint density at radius 2 is 2.16 bits per heavy atom. The molecule has 96 valence electrons. The summed E-state index contributed by atoms with van der Waals surface area (Å²) >= 11 is 3.45. The Balaban J connectivity index is 2.35. The number of fused-ring (bicyclic) bond motifs is 1. The van der Waals surface area contributed by atoms with Gasteiger partial charge in [0.2, 0.25) is 5.95 Å². The van der Waals surface area contributed by atoms with Crippen LogP contribution in [-0.4, -0.2) is 21.6 Å². The van der Waals surface area contributed by atoms with Gasteiger partial charge in [0.25, 0.3) is 0 Å². The van der Waals surface area contributed by atoms with Gasteiger partial charge in [0, 0.05) is 10.7 Å². The molecule has 0 amide bonds. The Hall–Kier alpha value is -2.08. The summed E-state index contributed by atoms with van der Waals surface area (Å²) in [6.07, 6.45) is 1.71. The lowest BCUT2D eigenvalue weighted by Gasteiger charge is -2.11. The van der Waals surface area contributed by atoms with Gasteiger partial charge >= 0.3 is 0 Å². The highest BCUT2D eigenvalue weighted by Crippen LogP contribution is 2.30. The molecule has 0 unspecified atom stereocenters. The Bertz CT molecular complexity index is 753. The summed E-state index contributed by atoms with van der Waals surface area (Å²) in [4.78, 5) is 8.63. The quantitative estimate of drug-likeness (QED) is 0.789. The Morgan fingerprint density at radius 3 is 2.95 bits per heavy atom. The van der Waals surface area contributed by atoms with Gasteiger partial charge in [-0.05, 0) is 30.3 Å². The highest BCUT2D eigenvalue weighted by molar-refractivity contribution is 9.10. The van der Waals surface area contributed by atoms with E-state index in [0.29, 0.717) is 17.3 Å². The summed E-state index contributed by atoms with van der Waals surface area (Å²) in [7, 11) is 1.62. The molecule has 0 saturated heterocycles. The van der Waals surface area contributed by atoms with Crippen molar-refractivity contribution in [3.05, 3.63) is 41.0 Å². The van der Waals surface area contributed by atoms with Crippen LogP contribution in [0.5, 0.6) is 5.75 Å². The van der Waals surface area contributed by atoms with E-state index < -0.39 is 0 Å². The Morgan fingerprint density at radius 1 is 1.32 bits per heavy atom. The number of aromatic nitrogens is 3. The lowest BCUT2D eigenvalue weighted by Crippen LogP contribution is -2.03. The number of rotatable bonds is 2. The predicted molar refractivity (Wildman–Crippen MR) is 77.5 cm³/mol. The number of halogens is 1. The second-order valence-electron chi connectivity index (χ2n) is 3.97. The maximum Gasteiger partial charge on any atom is 0.207 e. The summed E-state index contributed by atoms with van der Waals surface area (Å²) in [6, 6.07) is 9.40. The molecule has 3 rings (SSSR count). The van der Waals surface area contributed by atoms with Gasteiger partial charge in [0.15, 0.2) is 5.65 Å². The van der Waals surface area contributed by atoms with E-state index in [9.17, 15) is 0 Å². The molecule has 0 saturated carbocycles. The van der Waals surface area contributed by atoms with Crippen LogP contribution in [-0.2, 0) is 0 Å². The molecular weight excluding hydrogens is 308 g/mol. The number of hydrogen-bond acceptors (Lipinski definition) is 4. The first-order valence-corrected chi connectivity index (χ1v) is 6.43. The molecule has 0 aliphatic carbocycles. The van der Waals surface area contributed by atoms with Crippen molar-refractivity contribution in [2.24, 2.45) is 0 Å². The molecule has 6 heteroatoms. The van der Waals surface area contributed by atoms with Gasteiger partial charge in [0.05, 0.1) is 12.8 Å². The predicted octanol–water partition coefficient (Wildman–Crippen LogP) is 2.77. The van der Waals surface area contributed by atoms with Gasteiger partial charge in [-0.25, -0.2) is 9.97 Å². The van der Waals surface area contributed by atoms with Crippen LogP contribution in [0.3, 0.4) is 0 Å². The van der Waals surface area contributed by atoms with E-state index in [0.717, 1.165) is 15.7 Å². The number of nitrogens with two attached hydrogens (primary N) is 1. The van der Waals surface area contributed by atoms with Crippen molar-refractivity contribution < 1.29 is 4.74 Å². The fourth-order valence-corrected chi connectivity index (χ4v) is 2.35. The fourth-order valence-electron chi connectivity index (χ4n) is 2.01. The smallest absolute Gasteiger partial charge is 0.207 e. The number of imidazole rings is 1. The van der Waals surface area contributed by atoms with E-state index in [1.165, 1.54) is 0 Å². The first-order chi connectivity index (χ1) is 9.20. The lowest BCUT2D eigenvalue weighted by atomic mass is 10.3. The summed E-state index contributed by atoms with van der Waals surface area (Å²) in [5.74, 6) is 1.09. The van der Waals surface area contributed by atoms with Gasteiger partial charge < -0.3 is 10.5 Å². The number of benzene rings is 1. The summed E-state index contributed by atoms with van der Waals surface area (Å²) in [6.45, 7) is 0. The van der Waals surface area contributed by atoms with Crippen LogP contribution in [0.15, 0.2) is 41.0 Å². The molecule has 2 N–H and O–H groups in total. The minimum atomic E-state index is 0.380. The molecule has 1 aromatic carbocycles. The van der Waals surface area contributed by atoms with Gasteiger partial charge in [0.1, 0.15) is 11.3 Å². The van der Waals surface area contributed by atoms with Crippen LogP contribution in [0.25, 0.3) is 16.9 Å². The molecule has 0 aliphatic rings. The van der Waals surface area contributed by atoms with Gasteiger partial charge in [-0.2, -0.15) is 0 Å². The third-order valence-corrected chi connectivity index (χ3v) is 3.32. The van der Waals surface area contributed by atoms with E-state index in [2.05, 4.69) is 25.9 Å². The first-order valence-electron chi connectivity index (χ1n) is 5.63. The zero-order chi connectivity index (χ0) is 13.4. The molecule has 0 spiro atoms. The van der Waals surface area contributed by atoms with Crippen molar-refractivity contribution in [2.75, 3.05) is 12.8 Å². The number of anilines is 1. The number of methoxy groups -OCH3 is 1. The normalized spacial score (nSPS) is 10.8. The molecule has 3 aromatic rings. The minimum absolute atomic E-state index is 0.380. The third-order valence-electron chi connectivity index (χ3n) is 2.82. The zero-order valence-corrected chi connectivity index (χ0v) is 11.8. The van der Waals surface area contributed by atoms with Crippen molar-refractivity contribution >= 4 is 33.0 Å². The fraction of sp³-hybridized carbons (Fsp3) is 0.0769. The summed E-state index contributed by atoms with van der Waals surface area (Å²) in [5, 5.41) is 0. The van der Waals surface area contributed by atoms with Crippen molar-refractivity contribution in [3.8, 4) is 11.4 Å². The van der Waals surface area contributed by atoms with Crippen LogP contribution in [0, 0.1) is 0 Å². The molecule has 2 heterocycles. The van der Waals surface area contributed by atoms with E-state index in [4.69, 9.17) is 10.5 Å².